The van der Waals surface area contributed by atoms with Crippen LogP contribution in [-0.2, 0) is 9.59 Å². The first-order valence-corrected chi connectivity index (χ1v) is 2.89. The van der Waals surface area contributed by atoms with Gasteiger partial charge in [-0.2, -0.15) is 0 Å². The Hall–Kier alpha value is -1.80. The molecule has 0 atom stereocenters. The largest absolute Gasteiger partial charge is 0.478 e. The van der Waals surface area contributed by atoms with Gasteiger partial charge in [-0.25, -0.2) is 9.59 Å². The monoisotopic (exact) mass is 170 g/mol. The van der Waals surface area contributed by atoms with Crippen molar-refractivity contribution >= 4 is 11.9 Å². The Morgan fingerprint density at radius 2 is 1.75 bits per heavy atom. The van der Waals surface area contributed by atoms with Crippen molar-refractivity contribution in [2.24, 2.45) is 0 Å². The van der Waals surface area contributed by atoms with Crippen LogP contribution in [0.5, 0.6) is 0 Å². The van der Waals surface area contributed by atoms with Crippen molar-refractivity contribution < 1.29 is 19.8 Å². The standard InChI is InChI=1S/C4H6O2.C4H4O2/c1-3(2)4(5)6;1-2-3-4(5)6/h1H2,2H3,(H,5,6);3H,1H2,(H,5,6). The lowest BCUT2D eigenvalue weighted by atomic mass is 10.4. The number of hydrogen-bond donors (Lipinski definition) is 2. The van der Waals surface area contributed by atoms with Gasteiger partial charge in [0.15, 0.2) is 0 Å². The van der Waals surface area contributed by atoms with Gasteiger partial charge in [0.25, 0.3) is 0 Å². The van der Waals surface area contributed by atoms with E-state index in [-0.39, 0.29) is 5.57 Å². The first-order valence-electron chi connectivity index (χ1n) is 2.89. The number of carboxylic acid groups (broad SMARTS) is 2. The van der Waals surface area contributed by atoms with Gasteiger partial charge in [-0.15, -0.1) is 5.73 Å². The summed E-state index contributed by atoms with van der Waals surface area (Å²) in [5.74, 6) is -1.94. The first kappa shape index (κ1) is 12.8. The summed E-state index contributed by atoms with van der Waals surface area (Å²) < 4.78 is 0. The van der Waals surface area contributed by atoms with Crippen LogP contribution in [0.1, 0.15) is 6.92 Å². The van der Waals surface area contributed by atoms with Crippen LogP contribution in [0, 0.1) is 0 Å². The molecule has 4 nitrogen and oxygen atoms in total. The molecule has 0 unspecified atom stereocenters. The molecule has 4 heteroatoms. The number of carboxylic acids is 2. The Bertz CT molecular complexity index is 205. The van der Waals surface area contributed by atoms with Crippen molar-refractivity contribution in [3.05, 3.63) is 30.5 Å². The molecule has 0 aliphatic rings. The van der Waals surface area contributed by atoms with Crippen LogP contribution in [0.4, 0.5) is 0 Å². The van der Waals surface area contributed by atoms with E-state index in [0.29, 0.717) is 0 Å². The Morgan fingerprint density at radius 1 is 1.42 bits per heavy atom. The predicted octanol–water partition coefficient (Wildman–Crippen LogP) is 1.06. The number of hydrogen-bond acceptors (Lipinski definition) is 2. The normalized spacial score (nSPS) is 6.75. The molecule has 0 amide bonds. The van der Waals surface area contributed by atoms with Gasteiger partial charge in [0.05, 0.1) is 6.08 Å². The molecule has 0 bridgehead atoms. The van der Waals surface area contributed by atoms with Crippen molar-refractivity contribution in [3.8, 4) is 0 Å². The van der Waals surface area contributed by atoms with Crippen LogP contribution in [0.15, 0.2) is 30.5 Å². The lowest BCUT2D eigenvalue weighted by Crippen LogP contribution is -1.92. The smallest absolute Gasteiger partial charge is 0.336 e. The number of rotatable bonds is 2. The molecule has 0 aromatic carbocycles. The lowest BCUT2D eigenvalue weighted by molar-refractivity contribution is -0.133. The number of aliphatic carboxylic acids is 2. The van der Waals surface area contributed by atoms with Crippen molar-refractivity contribution in [1.82, 2.24) is 0 Å². The average molecular weight is 170 g/mol. The molecule has 66 valence electrons. The van der Waals surface area contributed by atoms with E-state index in [4.69, 9.17) is 10.2 Å². The molecule has 0 aliphatic heterocycles. The molecule has 0 saturated heterocycles. The van der Waals surface area contributed by atoms with E-state index in [0.717, 1.165) is 6.08 Å². The maximum Gasteiger partial charge on any atom is 0.336 e. The summed E-state index contributed by atoms with van der Waals surface area (Å²) in [5.41, 5.74) is 2.27. The third-order valence-electron chi connectivity index (χ3n) is 0.591. The van der Waals surface area contributed by atoms with Crippen LogP contribution in [-0.4, -0.2) is 22.2 Å². The molecule has 0 rings (SSSR count). The van der Waals surface area contributed by atoms with Gasteiger partial charge in [0, 0.05) is 5.57 Å². The van der Waals surface area contributed by atoms with E-state index in [1.807, 2.05) is 0 Å². The SMILES string of the molecule is C=C(C)C(=O)O.C=C=CC(=O)O. The van der Waals surface area contributed by atoms with Crippen molar-refractivity contribution in [2.45, 2.75) is 6.92 Å². The minimum atomic E-state index is -1.01. The molecule has 0 spiro atoms. The summed E-state index contributed by atoms with van der Waals surface area (Å²) in [6, 6.07) is 0. The highest BCUT2D eigenvalue weighted by Crippen LogP contribution is 1.81. The quantitative estimate of drug-likeness (QED) is 0.480. The first-order chi connectivity index (χ1) is 5.41. The van der Waals surface area contributed by atoms with Gasteiger partial charge in [0.2, 0.25) is 0 Å². The number of carbonyl (C=O) groups is 2. The van der Waals surface area contributed by atoms with Crippen LogP contribution in [0.25, 0.3) is 0 Å². The van der Waals surface area contributed by atoms with E-state index in [1.165, 1.54) is 6.92 Å². The fourth-order valence-corrected chi connectivity index (χ4v) is 0.0873. The third-order valence-corrected chi connectivity index (χ3v) is 0.591. The lowest BCUT2D eigenvalue weighted by Gasteiger charge is -1.79. The predicted molar refractivity (Wildman–Crippen MR) is 43.8 cm³/mol. The van der Waals surface area contributed by atoms with E-state index >= 15 is 0 Å². The summed E-state index contributed by atoms with van der Waals surface area (Å²) in [4.78, 5) is 19.0. The molecule has 12 heavy (non-hydrogen) atoms. The van der Waals surface area contributed by atoms with E-state index in [2.05, 4.69) is 18.9 Å². The Kier molecular flexibility index (Phi) is 7.82. The van der Waals surface area contributed by atoms with Crippen LogP contribution in [0.2, 0.25) is 0 Å². The molecule has 0 aromatic rings. The van der Waals surface area contributed by atoms with E-state index < -0.39 is 11.9 Å². The van der Waals surface area contributed by atoms with Crippen LogP contribution >= 0.6 is 0 Å². The molecule has 0 radical (unpaired) electrons. The zero-order valence-corrected chi connectivity index (χ0v) is 6.70. The highest BCUT2D eigenvalue weighted by Gasteiger charge is 1.90. The molecular formula is C8H10O4. The third kappa shape index (κ3) is 15.7. The minimum Gasteiger partial charge on any atom is -0.478 e. The molecule has 0 aliphatic carbocycles. The summed E-state index contributed by atoms with van der Waals surface area (Å²) in [6.07, 6.45) is 0.847. The zero-order valence-electron chi connectivity index (χ0n) is 6.70. The summed E-state index contributed by atoms with van der Waals surface area (Å²) in [7, 11) is 0. The Balaban J connectivity index is 0. The van der Waals surface area contributed by atoms with Crippen molar-refractivity contribution in [3.63, 3.8) is 0 Å². The second kappa shape index (κ2) is 7.31. The van der Waals surface area contributed by atoms with Gasteiger partial charge in [-0.3, -0.25) is 0 Å². The van der Waals surface area contributed by atoms with Gasteiger partial charge >= 0.3 is 11.9 Å². The maximum atomic E-state index is 9.60. The second-order valence-corrected chi connectivity index (χ2v) is 1.77. The highest BCUT2D eigenvalue weighted by atomic mass is 16.4. The molecule has 0 heterocycles. The van der Waals surface area contributed by atoms with E-state index in [9.17, 15) is 9.59 Å². The fraction of sp³-hybridized carbons (Fsp3) is 0.125. The topological polar surface area (TPSA) is 74.6 Å². The van der Waals surface area contributed by atoms with Gasteiger partial charge in [-0.1, -0.05) is 13.2 Å². The molecule has 0 aromatic heterocycles. The second-order valence-electron chi connectivity index (χ2n) is 1.77. The summed E-state index contributed by atoms with van der Waals surface area (Å²) in [6.45, 7) is 7.64. The Morgan fingerprint density at radius 3 is 1.75 bits per heavy atom. The molecule has 0 saturated carbocycles. The molecular weight excluding hydrogens is 160 g/mol. The van der Waals surface area contributed by atoms with Crippen molar-refractivity contribution in [1.29, 1.82) is 0 Å². The maximum absolute atomic E-state index is 9.60. The fourth-order valence-electron chi connectivity index (χ4n) is 0.0873. The van der Waals surface area contributed by atoms with Gasteiger partial charge in [0.1, 0.15) is 0 Å². The van der Waals surface area contributed by atoms with Gasteiger partial charge in [-0.05, 0) is 6.92 Å². The highest BCUT2D eigenvalue weighted by molar-refractivity contribution is 5.84. The van der Waals surface area contributed by atoms with E-state index in [1.54, 1.807) is 0 Å². The summed E-state index contributed by atoms with van der Waals surface area (Å²) >= 11 is 0. The zero-order chi connectivity index (χ0) is 10.1. The molecule has 2 N–H and O–H groups in total. The summed E-state index contributed by atoms with van der Waals surface area (Å²) in [5, 5.41) is 15.6. The van der Waals surface area contributed by atoms with Crippen LogP contribution in [0.3, 0.4) is 0 Å². The molecule has 0 fully saturated rings. The minimum absolute atomic E-state index is 0.176. The van der Waals surface area contributed by atoms with Crippen LogP contribution < -0.4 is 0 Å². The Labute approximate surface area is 70.1 Å². The van der Waals surface area contributed by atoms with Gasteiger partial charge < -0.3 is 10.2 Å². The average Bonchev–Trinajstić information content (AvgIpc) is 1.87. The van der Waals surface area contributed by atoms with Crippen molar-refractivity contribution in [2.75, 3.05) is 0 Å².